The van der Waals surface area contributed by atoms with Crippen molar-refractivity contribution in [2.24, 2.45) is 12.8 Å². The molecule has 1 aromatic carbocycles. The van der Waals surface area contributed by atoms with Crippen LogP contribution in [0.4, 0.5) is 5.82 Å². The lowest BCUT2D eigenvalue weighted by Crippen LogP contribution is -2.20. The number of amides is 2. The zero-order valence-electron chi connectivity index (χ0n) is 13.1. The average Bonchev–Trinajstić information content (AvgIpc) is 2.83. The van der Waals surface area contributed by atoms with Gasteiger partial charge >= 0.3 is 0 Å². The molecule has 3 N–H and O–H groups in total. The van der Waals surface area contributed by atoms with Gasteiger partial charge in [0.25, 0.3) is 11.8 Å². The summed E-state index contributed by atoms with van der Waals surface area (Å²) in [7, 11) is 4.55. The Morgan fingerprint density at radius 1 is 1.30 bits per heavy atom. The molecule has 0 fully saturated rings. The lowest BCUT2D eigenvalue weighted by molar-refractivity contribution is 0.0996. The fourth-order valence-corrected chi connectivity index (χ4v) is 2.23. The van der Waals surface area contributed by atoms with Crippen molar-refractivity contribution in [1.29, 1.82) is 0 Å². The van der Waals surface area contributed by atoms with Gasteiger partial charge in [-0.25, -0.2) is 0 Å². The number of rotatable bonds is 6. The Labute approximate surface area is 133 Å². The molecule has 2 aromatic rings. The van der Waals surface area contributed by atoms with Gasteiger partial charge in [-0.05, 0) is 12.1 Å². The molecule has 0 unspecified atom stereocenters. The number of hydrogen-bond donors (Lipinski definition) is 2. The molecule has 122 valence electrons. The average molecular weight is 318 g/mol. The van der Waals surface area contributed by atoms with Crippen molar-refractivity contribution in [2.45, 2.75) is 6.61 Å². The quantitative estimate of drug-likeness (QED) is 0.823. The number of carbonyl (C=O) groups excluding carboxylic acids is 2. The smallest absolute Gasteiger partial charge is 0.260 e. The molecule has 0 radical (unpaired) electrons. The summed E-state index contributed by atoms with van der Waals surface area (Å²) in [6.07, 6.45) is 0. The van der Waals surface area contributed by atoms with Crippen LogP contribution < -0.4 is 15.8 Å². The van der Waals surface area contributed by atoms with Gasteiger partial charge in [-0.1, -0.05) is 12.1 Å². The van der Waals surface area contributed by atoms with E-state index in [4.69, 9.17) is 15.2 Å². The van der Waals surface area contributed by atoms with Crippen LogP contribution >= 0.6 is 0 Å². The first-order valence-electron chi connectivity index (χ1n) is 6.78. The SMILES string of the molecule is COCc1nn(C)c(NC(=O)c2ccccc2OC)c1C(N)=O. The van der Waals surface area contributed by atoms with E-state index < -0.39 is 11.8 Å². The van der Waals surface area contributed by atoms with Gasteiger partial charge in [-0.15, -0.1) is 0 Å². The molecule has 2 rings (SSSR count). The van der Waals surface area contributed by atoms with E-state index in [0.29, 0.717) is 17.0 Å². The monoisotopic (exact) mass is 318 g/mol. The highest BCUT2D eigenvalue weighted by molar-refractivity contribution is 6.09. The number of aryl methyl sites for hydroxylation is 1. The number of carbonyl (C=O) groups is 2. The van der Waals surface area contributed by atoms with Gasteiger partial charge < -0.3 is 20.5 Å². The van der Waals surface area contributed by atoms with Gasteiger partial charge in [-0.3, -0.25) is 14.3 Å². The molecule has 0 atom stereocenters. The van der Waals surface area contributed by atoms with E-state index in [1.165, 1.54) is 18.9 Å². The maximum Gasteiger partial charge on any atom is 0.260 e. The fourth-order valence-electron chi connectivity index (χ4n) is 2.23. The van der Waals surface area contributed by atoms with Crippen LogP contribution in [0.25, 0.3) is 0 Å². The van der Waals surface area contributed by atoms with E-state index in [1.54, 1.807) is 31.3 Å². The van der Waals surface area contributed by atoms with Gasteiger partial charge in [0.2, 0.25) is 0 Å². The first-order valence-corrected chi connectivity index (χ1v) is 6.78. The molecular weight excluding hydrogens is 300 g/mol. The van der Waals surface area contributed by atoms with E-state index in [9.17, 15) is 9.59 Å². The third-order valence-electron chi connectivity index (χ3n) is 3.23. The van der Waals surface area contributed by atoms with Gasteiger partial charge in [0, 0.05) is 14.2 Å². The molecule has 1 heterocycles. The number of nitrogens with zero attached hydrogens (tertiary/aromatic N) is 2. The normalized spacial score (nSPS) is 10.4. The molecule has 0 saturated heterocycles. The predicted molar refractivity (Wildman–Crippen MR) is 83.4 cm³/mol. The standard InChI is InChI=1S/C15H18N4O4/c1-19-14(12(13(16)20)10(18-19)8-22-2)17-15(21)9-6-4-5-7-11(9)23-3/h4-7H,8H2,1-3H3,(H2,16,20)(H,17,21). The molecule has 0 aliphatic heterocycles. The van der Waals surface area contributed by atoms with Crippen LogP contribution in [-0.4, -0.2) is 35.8 Å². The third kappa shape index (κ3) is 3.32. The van der Waals surface area contributed by atoms with Gasteiger partial charge in [0.15, 0.2) is 0 Å². The lowest BCUT2D eigenvalue weighted by Gasteiger charge is -2.10. The van der Waals surface area contributed by atoms with Crippen LogP contribution in [0, 0.1) is 0 Å². The predicted octanol–water partition coefficient (Wildman–Crippen LogP) is 0.926. The number of benzene rings is 1. The first-order chi connectivity index (χ1) is 11.0. The summed E-state index contributed by atoms with van der Waals surface area (Å²) in [5.41, 5.74) is 6.22. The van der Waals surface area contributed by atoms with Crippen molar-refractivity contribution in [3.63, 3.8) is 0 Å². The van der Waals surface area contributed by atoms with Crippen molar-refractivity contribution in [3.05, 3.63) is 41.1 Å². The molecule has 8 heteroatoms. The Hall–Kier alpha value is -2.87. The Bertz CT molecular complexity index is 739. The van der Waals surface area contributed by atoms with Crippen molar-refractivity contribution in [3.8, 4) is 5.75 Å². The minimum absolute atomic E-state index is 0.108. The lowest BCUT2D eigenvalue weighted by atomic mass is 10.1. The van der Waals surface area contributed by atoms with Crippen LogP contribution in [-0.2, 0) is 18.4 Å². The van der Waals surface area contributed by atoms with Crippen LogP contribution in [0.2, 0.25) is 0 Å². The first kappa shape index (κ1) is 16.5. The third-order valence-corrected chi connectivity index (χ3v) is 3.23. The van der Waals surface area contributed by atoms with Crippen LogP contribution in [0.1, 0.15) is 26.4 Å². The summed E-state index contributed by atoms with van der Waals surface area (Å²) in [4.78, 5) is 24.2. The van der Waals surface area contributed by atoms with E-state index in [-0.39, 0.29) is 18.0 Å². The van der Waals surface area contributed by atoms with Crippen molar-refractivity contribution < 1.29 is 19.1 Å². The van der Waals surface area contributed by atoms with Gasteiger partial charge in [-0.2, -0.15) is 5.10 Å². The van der Waals surface area contributed by atoms with Crippen molar-refractivity contribution >= 4 is 17.6 Å². The zero-order chi connectivity index (χ0) is 17.0. The van der Waals surface area contributed by atoms with E-state index in [0.717, 1.165) is 0 Å². The Kier molecular flexibility index (Phi) is 4.97. The molecule has 0 aliphatic carbocycles. The number of methoxy groups -OCH3 is 2. The molecule has 8 nitrogen and oxygen atoms in total. The Morgan fingerprint density at radius 2 is 2.00 bits per heavy atom. The molecular formula is C15H18N4O4. The number of nitrogens with two attached hydrogens (primary N) is 1. The van der Waals surface area contributed by atoms with Gasteiger partial charge in [0.1, 0.15) is 22.8 Å². The zero-order valence-corrected chi connectivity index (χ0v) is 13.1. The largest absolute Gasteiger partial charge is 0.496 e. The Balaban J connectivity index is 2.39. The number of nitrogens with one attached hydrogen (secondary N) is 1. The van der Waals surface area contributed by atoms with Crippen molar-refractivity contribution in [1.82, 2.24) is 9.78 Å². The maximum absolute atomic E-state index is 12.5. The highest BCUT2D eigenvalue weighted by Crippen LogP contribution is 2.23. The number of ether oxygens (including phenoxy) is 2. The molecule has 23 heavy (non-hydrogen) atoms. The van der Waals surface area contributed by atoms with E-state index in [2.05, 4.69) is 10.4 Å². The summed E-state index contributed by atoms with van der Waals surface area (Å²) in [6, 6.07) is 6.76. The molecule has 0 bridgehead atoms. The maximum atomic E-state index is 12.5. The van der Waals surface area contributed by atoms with Crippen LogP contribution in [0.5, 0.6) is 5.75 Å². The second-order valence-corrected chi connectivity index (χ2v) is 4.75. The van der Waals surface area contributed by atoms with Crippen LogP contribution in [0.3, 0.4) is 0 Å². The molecule has 0 aliphatic rings. The Morgan fingerprint density at radius 3 is 2.61 bits per heavy atom. The molecule has 0 saturated carbocycles. The number of primary amides is 1. The summed E-state index contributed by atoms with van der Waals surface area (Å²) in [5.74, 6) is -0.497. The van der Waals surface area contributed by atoms with Crippen molar-refractivity contribution in [2.75, 3.05) is 19.5 Å². The summed E-state index contributed by atoms with van der Waals surface area (Å²) < 4.78 is 11.5. The minimum Gasteiger partial charge on any atom is -0.496 e. The molecule has 0 spiro atoms. The second kappa shape index (κ2) is 6.93. The molecule has 2 amide bonds. The number of anilines is 1. The second-order valence-electron chi connectivity index (χ2n) is 4.75. The summed E-state index contributed by atoms with van der Waals surface area (Å²) in [5, 5.41) is 6.81. The fraction of sp³-hybridized carbons (Fsp3) is 0.267. The minimum atomic E-state index is -0.694. The van der Waals surface area contributed by atoms with Gasteiger partial charge in [0.05, 0.1) is 19.3 Å². The van der Waals surface area contributed by atoms with E-state index >= 15 is 0 Å². The highest BCUT2D eigenvalue weighted by atomic mass is 16.5. The number of hydrogen-bond acceptors (Lipinski definition) is 5. The topological polar surface area (TPSA) is 108 Å². The number of para-hydroxylation sites is 1. The van der Waals surface area contributed by atoms with E-state index in [1.807, 2.05) is 0 Å². The number of aromatic nitrogens is 2. The molecule has 1 aromatic heterocycles. The summed E-state index contributed by atoms with van der Waals surface area (Å²) in [6.45, 7) is 0.108. The summed E-state index contributed by atoms with van der Waals surface area (Å²) >= 11 is 0. The highest BCUT2D eigenvalue weighted by Gasteiger charge is 2.23. The van der Waals surface area contributed by atoms with Crippen LogP contribution in [0.15, 0.2) is 24.3 Å².